The van der Waals surface area contributed by atoms with Crippen LogP contribution in [-0.2, 0) is 13.8 Å². The average molecular weight is 419 g/mol. The first-order valence-corrected chi connectivity index (χ1v) is 9.89. The van der Waals surface area contributed by atoms with E-state index in [9.17, 15) is 14.8 Å². The van der Waals surface area contributed by atoms with Crippen molar-refractivity contribution in [3.8, 4) is 0 Å². The lowest BCUT2D eigenvalue weighted by molar-refractivity contribution is -0.143. The normalized spacial score (nSPS) is 36.9. The first kappa shape index (κ1) is 21.0. The van der Waals surface area contributed by atoms with Gasteiger partial charge in [0.25, 0.3) is 0 Å². The number of nitrogens with zero attached hydrogens (tertiary/aromatic N) is 4. The molecule has 0 aromatic carbocycles. The molecule has 0 amide bonds. The van der Waals surface area contributed by atoms with Gasteiger partial charge in [0.2, 0.25) is 0 Å². The van der Waals surface area contributed by atoms with E-state index in [2.05, 4.69) is 24.8 Å². The number of phosphoric acid groups is 1. The van der Waals surface area contributed by atoms with Gasteiger partial charge in [0, 0.05) is 0 Å². The highest BCUT2D eigenvalue weighted by Crippen LogP contribution is 2.42. The SMILES string of the molecule is CC(=CCN=C1NC=NC2C1N=CN2C1OC(OP(=O)(O)O)C(O)C1O)CO. The summed E-state index contributed by atoms with van der Waals surface area (Å²) in [4.78, 5) is 32.2. The highest BCUT2D eigenvalue weighted by atomic mass is 31.2. The number of aliphatic hydroxyl groups excluding tert-OH is 3. The fraction of sp³-hybridized carbons (Fsp3) is 0.643. The van der Waals surface area contributed by atoms with Gasteiger partial charge in [-0.05, 0) is 6.92 Å². The number of aliphatic hydroxyl groups is 3. The molecule has 156 valence electrons. The fourth-order valence-electron chi connectivity index (χ4n) is 2.91. The van der Waals surface area contributed by atoms with Gasteiger partial charge in [0.15, 0.2) is 18.7 Å². The zero-order valence-corrected chi connectivity index (χ0v) is 15.7. The molecule has 0 bridgehead atoms. The molecule has 3 heterocycles. The Hall–Kier alpha value is -1.70. The third kappa shape index (κ3) is 4.47. The van der Waals surface area contributed by atoms with Crippen molar-refractivity contribution in [2.45, 2.75) is 43.9 Å². The molecule has 0 aromatic heterocycles. The number of hydrogen-bond donors (Lipinski definition) is 6. The quantitative estimate of drug-likeness (QED) is 0.198. The number of hydrogen-bond acceptors (Lipinski definition) is 10. The van der Waals surface area contributed by atoms with E-state index in [0.717, 1.165) is 5.57 Å². The standard InChI is InChI=1S/C14H22N5O8P/c1-7(4-20)2-3-15-11-8-12(17-5-16-11)19(6-18-8)13-9(21)10(22)14(26-13)27-28(23,24)25/h2,5-6,8-10,12-14,20-22H,3-4H2,1H3,(H,15,16,17)(H2,23,24,25). The monoisotopic (exact) mass is 419 g/mol. The summed E-state index contributed by atoms with van der Waals surface area (Å²) in [5.41, 5.74) is 0.773. The molecule has 6 N–H and O–H groups in total. The second kappa shape index (κ2) is 8.35. The molecule has 6 atom stereocenters. The third-order valence-corrected chi connectivity index (χ3v) is 4.83. The van der Waals surface area contributed by atoms with Gasteiger partial charge < -0.3 is 40.1 Å². The molecule has 14 heteroatoms. The summed E-state index contributed by atoms with van der Waals surface area (Å²) < 4.78 is 20.7. The molecule has 3 rings (SSSR count). The molecule has 0 aliphatic carbocycles. The summed E-state index contributed by atoms with van der Waals surface area (Å²) in [6, 6.07) is -0.525. The molecule has 0 aromatic rings. The maximum absolute atomic E-state index is 11.0. The second-order valence-corrected chi connectivity index (χ2v) is 7.59. The molecule has 0 spiro atoms. The lowest BCUT2D eigenvalue weighted by Crippen LogP contribution is -2.53. The van der Waals surface area contributed by atoms with Crippen molar-refractivity contribution in [3.63, 3.8) is 0 Å². The minimum absolute atomic E-state index is 0.0607. The lowest BCUT2D eigenvalue weighted by atomic mass is 10.1. The number of amidine groups is 1. The zero-order valence-electron chi connectivity index (χ0n) is 14.8. The maximum atomic E-state index is 11.0. The smallest absolute Gasteiger partial charge is 0.392 e. The molecule has 0 saturated carbocycles. The Balaban J connectivity index is 1.72. The van der Waals surface area contributed by atoms with Crippen molar-refractivity contribution in [2.75, 3.05) is 13.2 Å². The predicted octanol–water partition coefficient (Wildman–Crippen LogP) is -2.49. The number of ether oxygens (including phenoxy) is 1. The van der Waals surface area contributed by atoms with Gasteiger partial charge in [-0.25, -0.2) is 9.56 Å². The van der Waals surface area contributed by atoms with E-state index in [1.165, 1.54) is 17.6 Å². The van der Waals surface area contributed by atoms with Crippen LogP contribution in [0.5, 0.6) is 0 Å². The van der Waals surface area contributed by atoms with Gasteiger partial charge in [-0.15, -0.1) is 0 Å². The number of fused-ring (bicyclic) bond motifs is 1. The Morgan fingerprint density at radius 1 is 1.43 bits per heavy atom. The first-order valence-electron chi connectivity index (χ1n) is 8.36. The van der Waals surface area contributed by atoms with E-state index in [0.29, 0.717) is 12.4 Å². The van der Waals surface area contributed by atoms with E-state index < -0.39 is 44.8 Å². The van der Waals surface area contributed by atoms with Crippen LogP contribution in [0.4, 0.5) is 0 Å². The van der Waals surface area contributed by atoms with Gasteiger partial charge in [0.05, 0.1) is 25.8 Å². The van der Waals surface area contributed by atoms with Crippen LogP contribution in [0.25, 0.3) is 0 Å². The molecule has 1 fully saturated rings. The molecule has 3 aliphatic rings. The summed E-state index contributed by atoms with van der Waals surface area (Å²) in [5.74, 6) is 0.511. The van der Waals surface area contributed by atoms with Crippen LogP contribution in [0.15, 0.2) is 26.6 Å². The zero-order chi connectivity index (χ0) is 20.5. The van der Waals surface area contributed by atoms with Crippen molar-refractivity contribution in [3.05, 3.63) is 11.6 Å². The van der Waals surface area contributed by atoms with E-state index in [1.807, 2.05) is 0 Å². The van der Waals surface area contributed by atoms with Crippen LogP contribution in [-0.4, -0.2) is 98.6 Å². The van der Waals surface area contributed by atoms with Crippen molar-refractivity contribution < 1.29 is 38.9 Å². The highest BCUT2D eigenvalue weighted by Gasteiger charge is 2.52. The summed E-state index contributed by atoms with van der Waals surface area (Å²) >= 11 is 0. The van der Waals surface area contributed by atoms with Crippen molar-refractivity contribution in [1.29, 1.82) is 0 Å². The Labute approximate surface area is 160 Å². The third-order valence-electron chi connectivity index (χ3n) is 4.35. The van der Waals surface area contributed by atoms with E-state index in [4.69, 9.17) is 19.6 Å². The van der Waals surface area contributed by atoms with Crippen molar-refractivity contribution >= 4 is 26.3 Å². The summed E-state index contributed by atoms with van der Waals surface area (Å²) in [5, 5.41) is 32.1. The summed E-state index contributed by atoms with van der Waals surface area (Å²) in [6.07, 6.45) is -2.18. The minimum Gasteiger partial charge on any atom is -0.392 e. The van der Waals surface area contributed by atoms with Gasteiger partial charge in [-0.2, -0.15) is 0 Å². The van der Waals surface area contributed by atoms with E-state index >= 15 is 0 Å². The van der Waals surface area contributed by atoms with Crippen LogP contribution < -0.4 is 5.32 Å². The molecule has 28 heavy (non-hydrogen) atoms. The van der Waals surface area contributed by atoms with Crippen molar-refractivity contribution in [2.24, 2.45) is 15.0 Å². The van der Waals surface area contributed by atoms with Crippen LogP contribution in [0.3, 0.4) is 0 Å². The number of phosphoric ester groups is 1. The highest BCUT2D eigenvalue weighted by molar-refractivity contribution is 7.46. The Morgan fingerprint density at radius 3 is 2.86 bits per heavy atom. The fourth-order valence-corrected chi connectivity index (χ4v) is 3.35. The number of rotatable bonds is 6. The Kier molecular flexibility index (Phi) is 6.27. The van der Waals surface area contributed by atoms with Crippen LogP contribution in [0, 0.1) is 0 Å². The molecular formula is C14H22N5O8P. The van der Waals surface area contributed by atoms with Gasteiger partial charge in [-0.3, -0.25) is 14.5 Å². The van der Waals surface area contributed by atoms with Crippen LogP contribution in [0.2, 0.25) is 0 Å². The van der Waals surface area contributed by atoms with Gasteiger partial charge in [0.1, 0.15) is 24.1 Å². The van der Waals surface area contributed by atoms with Gasteiger partial charge >= 0.3 is 7.82 Å². The molecule has 3 aliphatic heterocycles. The lowest BCUT2D eigenvalue weighted by Gasteiger charge is -2.32. The topological polar surface area (TPSA) is 189 Å². The van der Waals surface area contributed by atoms with Crippen LogP contribution in [0.1, 0.15) is 6.92 Å². The Bertz CT molecular complexity index is 752. The number of aliphatic imine (C=N–C) groups is 3. The first-order chi connectivity index (χ1) is 13.2. The molecule has 6 unspecified atom stereocenters. The average Bonchev–Trinajstić information content (AvgIpc) is 3.17. The minimum atomic E-state index is -4.93. The van der Waals surface area contributed by atoms with Crippen LogP contribution >= 0.6 is 7.82 Å². The predicted molar refractivity (Wildman–Crippen MR) is 96.5 cm³/mol. The van der Waals surface area contributed by atoms with Gasteiger partial charge in [-0.1, -0.05) is 11.6 Å². The van der Waals surface area contributed by atoms with Crippen molar-refractivity contribution in [1.82, 2.24) is 10.2 Å². The molecular weight excluding hydrogens is 397 g/mol. The second-order valence-electron chi connectivity index (χ2n) is 6.40. The number of nitrogens with one attached hydrogen (secondary N) is 1. The van der Waals surface area contributed by atoms with E-state index in [1.54, 1.807) is 13.0 Å². The maximum Gasteiger partial charge on any atom is 0.472 e. The van der Waals surface area contributed by atoms with E-state index in [-0.39, 0.29) is 6.61 Å². The molecule has 13 nitrogen and oxygen atoms in total. The molecule has 0 radical (unpaired) electrons. The Morgan fingerprint density at radius 2 is 2.18 bits per heavy atom. The largest absolute Gasteiger partial charge is 0.472 e. The summed E-state index contributed by atoms with van der Waals surface area (Å²) in [7, 11) is -4.93. The summed E-state index contributed by atoms with van der Waals surface area (Å²) in [6.45, 7) is 2.03. The molecule has 1 saturated heterocycles.